The molecule has 0 unspecified atom stereocenters. The SMILES string of the molecule is O=C(NC1CCCCCC1)c1ccc2c(c1)N(CC(=O)N1CCCC1)C(=O)CO2. The molecule has 0 aromatic heterocycles. The van der Waals surface area contributed by atoms with Gasteiger partial charge in [-0.3, -0.25) is 19.3 Å². The molecule has 29 heavy (non-hydrogen) atoms. The van der Waals surface area contributed by atoms with E-state index in [-0.39, 0.29) is 36.9 Å². The minimum atomic E-state index is -0.258. The Morgan fingerprint density at radius 2 is 1.76 bits per heavy atom. The Hall–Kier alpha value is -2.57. The number of nitrogens with one attached hydrogen (secondary N) is 1. The maximum absolute atomic E-state index is 12.8. The molecule has 2 fully saturated rings. The highest BCUT2D eigenvalue weighted by Crippen LogP contribution is 2.33. The van der Waals surface area contributed by atoms with Crippen LogP contribution in [-0.4, -0.2) is 54.9 Å². The monoisotopic (exact) mass is 399 g/mol. The molecule has 0 bridgehead atoms. The van der Waals surface area contributed by atoms with Crippen molar-refractivity contribution in [2.24, 2.45) is 0 Å². The molecule has 0 radical (unpaired) electrons. The van der Waals surface area contributed by atoms with E-state index in [9.17, 15) is 14.4 Å². The van der Waals surface area contributed by atoms with Gasteiger partial charge in [0.25, 0.3) is 11.8 Å². The van der Waals surface area contributed by atoms with Gasteiger partial charge in [0.2, 0.25) is 5.91 Å². The number of likely N-dealkylation sites (tertiary alicyclic amines) is 1. The number of amides is 3. The lowest BCUT2D eigenvalue weighted by Gasteiger charge is -2.30. The molecule has 3 amide bonds. The molecule has 3 aliphatic rings. The first-order valence-electron chi connectivity index (χ1n) is 10.8. The normalized spacial score (nSPS) is 20.1. The first-order valence-corrected chi connectivity index (χ1v) is 10.8. The maximum Gasteiger partial charge on any atom is 0.265 e. The fraction of sp³-hybridized carbons (Fsp3) is 0.591. The summed E-state index contributed by atoms with van der Waals surface area (Å²) in [6.45, 7) is 1.39. The molecule has 1 aromatic carbocycles. The Morgan fingerprint density at radius 3 is 2.48 bits per heavy atom. The van der Waals surface area contributed by atoms with Crippen molar-refractivity contribution in [3.8, 4) is 5.75 Å². The molecule has 4 rings (SSSR count). The van der Waals surface area contributed by atoms with Crippen LogP contribution < -0.4 is 15.0 Å². The zero-order valence-corrected chi connectivity index (χ0v) is 16.8. The van der Waals surface area contributed by atoms with Crippen molar-refractivity contribution in [2.45, 2.75) is 57.4 Å². The number of fused-ring (bicyclic) bond motifs is 1. The van der Waals surface area contributed by atoms with Crippen molar-refractivity contribution >= 4 is 23.4 Å². The Bertz CT molecular complexity index is 780. The molecule has 1 aromatic rings. The number of hydrogen-bond donors (Lipinski definition) is 1. The molecule has 1 aliphatic carbocycles. The van der Waals surface area contributed by atoms with Crippen molar-refractivity contribution in [1.29, 1.82) is 0 Å². The van der Waals surface area contributed by atoms with Crippen LogP contribution in [-0.2, 0) is 9.59 Å². The summed E-state index contributed by atoms with van der Waals surface area (Å²) >= 11 is 0. The molecule has 2 heterocycles. The Morgan fingerprint density at radius 1 is 1.03 bits per heavy atom. The second-order valence-electron chi connectivity index (χ2n) is 8.20. The smallest absolute Gasteiger partial charge is 0.265 e. The number of anilines is 1. The summed E-state index contributed by atoms with van der Waals surface area (Å²) in [5.74, 6) is 0.0803. The molecule has 2 aliphatic heterocycles. The zero-order valence-electron chi connectivity index (χ0n) is 16.8. The zero-order chi connectivity index (χ0) is 20.2. The van der Waals surface area contributed by atoms with Crippen LogP contribution in [0, 0.1) is 0 Å². The fourth-order valence-electron chi connectivity index (χ4n) is 4.41. The lowest BCUT2D eigenvalue weighted by molar-refractivity contribution is -0.131. The van der Waals surface area contributed by atoms with Gasteiger partial charge >= 0.3 is 0 Å². The molecular formula is C22H29N3O4. The van der Waals surface area contributed by atoms with Crippen LogP contribution in [0.15, 0.2) is 18.2 Å². The van der Waals surface area contributed by atoms with Gasteiger partial charge in [-0.1, -0.05) is 25.7 Å². The van der Waals surface area contributed by atoms with Crippen molar-refractivity contribution in [3.05, 3.63) is 23.8 Å². The number of carbonyl (C=O) groups is 3. The number of carbonyl (C=O) groups excluding carboxylic acids is 3. The molecule has 0 spiro atoms. The summed E-state index contributed by atoms with van der Waals surface area (Å²) in [7, 11) is 0. The van der Waals surface area contributed by atoms with E-state index in [0.717, 1.165) is 51.6 Å². The number of hydrogen-bond acceptors (Lipinski definition) is 4. The first-order chi connectivity index (χ1) is 14.1. The molecule has 1 N–H and O–H groups in total. The summed E-state index contributed by atoms with van der Waals surface area (Å²) in [5.41, 5.74) is 0.993. The average molecular weight is 399 g/mol. The lowest BCUT2D eigenvalue weighted by atomic mass is 10.1. The molecule has 0 atom stereocenters. The molecule has 1 saturated heterocycles. The van der Waals surface area contributed by atoms with Crippen LogP contribution in [0.25, 0.3) is 0 Å². The highest BCUT2D eigenvalue weighted by molar-refractivity contribution is 6.04. The summed E-state index contributed by atoms with van der Waals surface area (Å²) in [6.07, 6.45) is 8.77. The number of rotatable bonds is 4. The van der Waals surface area contributed by atoms with Gasteiger partial charge in [0, 0.05) is 24.7 Å². The predicted octanol–water partition coefficient (Wildman–Crippen LogP) is 2.49. The number of nitrogens with zero attached hydrogens (tertiary/aromatic N) is 2. The van der Waals surface area contributed by atoms with Gasteiger partial charge in [0.15, 0.2) is 6.61 Å². The molecular weight excluding hydrogens is 370 g/mol. The summed E-state index contributed by atoms with van der Waals surface area (Å²) in [4.78, 5) is 41.1. The third kappa shape index (κ3) is 4.54. The highest BCUT2D eigenvalue weighted by Gasteiger charge is 2.30. The third-order valence-electron chi connectivity index (χ3n) is 6.11. The first kappa shape index (κ1) is 19.7. The van der Waals surface area contributed by atoms with Crippen molar-refractivity contribution in [1.82, 2.24) is 10.2 Å². The van der Waals surface area contributed by atoms with Gasteiger partial charge in [-0.25, -0.2) is 0 Å². The van der Waals surface area contributed by atoms with Crippen LogP contribution in [0.5, 0.6) is 5.75 Å². The van der Waals surface area contributed by atoms with E-state index in [1.165, 1.54) is 17.7 Å². The van der Waals surface area contributed by atoms with Gasteiger partial charge in [-0.05, 0) is 43.9 Å². The van der Waals surface area contributed by atoms with Gasteiger partial charge in [-0.15, -0.1) is 0 Å². The summed E-state index contributed by atoms with van der Waals surface area (Å²) in [5, 5.41) is 3.14. The van der Waals surface area contributed by atoms with Gasteiger partial charge < -0.3 is 15.0 Å². The summed E-state index contributed by atoms with van der Waals surface area (Å²) < 4.78 is 5.53. The van der Waals surface area contributed by atoms with E-state index < -0.39 is 0 Å². The van der Waals surface area contributed by atoms with Crippen LogP contribution in [0.3, 0.4) is 0 Å². The average Bonchev–Trinajstić information content (AvgIpc) is 3.15. The third-order valence-corrected chi connectivity index (χ3v) is 6.11. The van der Waals surface area contributed by atoms with Gasteiger partial charge in [0.1, 0.15) is 12.3 Å². The Labute approximate surface area is 171 Å². The highest BCUT2D eigenvalue weighted by atomic mass is 16.5. The van der Waals surface area contributed by atoms with E-state index in [1.54, 1.807) is 23.1 Å². The lowest BCUT2D eigenvalue weighted by Crippen LogP contribution is -2.46. The van der Waals surface area contributed by atoms with Crippen LogP contribution >= 0.6 is 0 Å². The molecule has 7 nitrogen and oxygen atoms in total. The predicted molar refractivity (Wildman–Crippen MR) is 109 cm³/mol. The topological polar surface area (TPSA) is 79.0 Å². The number of ether oxygens (including phenoxy) is 1. The van der Waals surface area contributed by atoms with E-state index in [1.807, 2.05) is 0 Å². The largest absolute Gasteiger partial charge is 0.482 e. The standard InChI is InChI=1S/C22H29N3O4/c26-20(24-11-5-6-12-24)14-25-18-13-16(9-10-19(18)29-15-21(25)27)22(28)23-17-7-3-1-2-4-8-17/h9-10,13,17H,1-8,11-12,14-15H2,(H,23,28). The quantitative estimate of drug-likeness (QED) is 0.789. The van der Waals surface area contributed by atoms with E-state index in [0.29, 0.717) is 17.0 Å². The van der Waals surface area contributed by atoms with Crippen LogP contribution in [0.4, 0.5) is 5.69 Å². The number of benzene rings is 1. The van der Waals surface area contributed by atoms with Crippen molar-refractivity contribution < 1.29 is 19.1 Å². The maximum atomic E-state index is 12.8. The Kier molecular flexibility index (Phi) is 6.02. The minimum Gasteiger partial charge on any atom is -0.482 e. The summed E-state index contributed by atoms with van der Waals surface area (Å²) in [6, 6.07) is 5.32. The van der Waals surface area contributed by atoms with Crippen molar-refractivity contribution in [2.75, 3.05) is 31.1 Å². The van der Waals surface area contributed by atoms with Gasteiger partial charge in [-0.2, -0.15) is 0 Å². The molecule has 1 saturated carbocycles. The van der Waals surface area contributed by atoms with E-state index in [2.05, 4.69) is 5.32 Å². The second kappa shape index (κ2) is 8.84. The van der Waals surface area contributed by atoms with Gasteiger partial charge in [0.05, 0.1) is 5.69 Å². The second-order valence-corrected chi connectivity index (χ2v) is 8.20. The fourth-order valence-corrected chi connectivity index (χ4v) is 4.41. The minimum absolute atomic E-state index is 0.0110. The Balaban J connectivity index is 1.50. The van der Waals surface area contributed by atoms with E-state index in [4.69, 9.17) is 4.74 Å². The van der Waals surface area contributed by atoms with E-state index >= 15 is 0 Å². The van der Waals surface area contributed by atoms with Crippen LogP contribution in [0.2, 0.25) is 0 Å². The molecule has 7 heteroatoms. The van der Waals surface area contributed by atoms with Crippen molar-refractivity contribution in [3.63, 3.8) is 0 Å². The van der Waals surface area contributed by atoms with Crippen LogP contribution in [0.1, 0.15) is 61.7 Å². The molecule has 156 valence electrons.